The molecular formula is C18H27N3OS. The summed E-state index contributed by atoms with van der Waals surface area (Å²) in [6.45, 7) is 9.63. The lowest BCUT2D eigenvalue weighted by Crippen LogP contribution is -2.49. The van der Waals surface area contributed by atoms with Gasteiger partial charge in [0.25, 0.3) is 0 Å². The van der Waals surface area contributed by atoms with Crippen molar-refractivity contribution in [3.05, 3.63) is 29.8 Å². The number of amides is 1. The van der Waals surface area contributed by atoms with Crippen LogP contribution < -0.4 is 10.6 Å². The lowest BCUT2D eigenvalue weighted by atomic mass is 9.94. The molecule has 0 saturated carbocycles. The highest BCUT2D eigenvalue weighted by atomic mass is 32.1. The van der Waals surface area contributed by atoms with Crippen LogP contribution in [0.15, 0.2) is 24.3 Å². The highest BCUT2D eigenvalue weighted by Gasteiger charge is 2.27. The molecule has 5 heteroatoms. The van der Waals surface area contributed by atoms with E-state index >= 15 is 0 Å². The summed E-state index contributed by atoms with van der Waals surface area (Å²) in [5, 5.41) is 7.24. The Balaban J connectivity index is 1.83. The van der Waals surface area contributed by atoms with Crippen molar-refractivity contribution >= 4 is 28.9 Å². The number of nitrogens with zero attached hydrogens (tertiary/aromatic N) is 1. The molecular weight excluding hydrogens is 306 g/mol. The summed E-state index contributed by atoms with van der Waals surface area (Å²) in [6.07, 6.45) is 1.86. The van der Waals surface area contributed by atoms with Crippen molar-refractivity contribution in [1.29, 1.82) is 0 Å². The number of anilines is 1. The van der Waals surface area contributed by atoms with Gasteiger partial charge in [0.05, 0.1) is 0 Å². The van der Waals surface area contributed by atoms with Gasteiger partial charge < -0.3 is 15.5 Å². The van der Waals surface area contributed by atoms with E-state index in [-0.39, 0.29) is 17.4 Å². The van der Waals surface area contributed by atoms with Gasteiger partial charge in [-0.15, -0.1) is 0 Å². The zero-order valence-corrected chi connectivity index (χ0v) is 15.3. The van der Waals surface area contributed by atoms with E-state index in [2.05, 4.69) is 28.5 Å². The third-order valence-electron chi connectivity index (χ3n) is 4.19. The first kappa shape index (κ1) is 17.7. The third kappa shape index (κ3) is 4.93. The van der Waals surface area contributed by atoms with Crippen LogP contribution in [0.4, 0.5) is 5.69 Å². The fraction of sp³-hybridized carbons (Fsp3) is 0.556. The van der Waals surface area contributed by atoms with Gasteiger partial charge in [-0.3, -0.25) is 4.79 Å². The van der Waals surface area contributed by atoms with Gasteiger partial charge in [0.1, 0.15) is 0 Å². The molecule has 0 atom stereocenters. The van der Waals surface area contributed by atoms with Crippen molar-refractivity contribution in [2.24, 2.45) is 5.41 Å². The van der Waals surface area contributed by atoms with Gasteiger partial charge in [0.15, 0.2) is 5.11 Å². The summed E-state index contributed by atoms with van der Waals surface area (Å²) < 4.78 is 0. The molecule has 1 aromatic rings. The maximum absolute atomic E-state index is 12.1. The zero-order chi connectivity index (χ0) is 17.0. The SMILES string of the molecule is Cc1ccccc1NC(=S)N1CCC(NC(=O)C(C)(C)C)CC1. The Morgan fingerprint density at radius 3 is 2.39 bits per heavy atom. The Bertz CT molecular complexity index is 572. The molecule has 1 aromatic carbocycles. The third-order valence-corrected chi connectivity index (χ3v) is 4.55. The largest absolute Gasteiger partial charge is 0.353 e. The molecule has 0 aromatic heterocycles. The Morgan fingerprint density at radius 1 is 1.22 bits per heavy atom. The summed E-state index contributed by atoms with van der Waals surface area (Å²) >= 11 is 5.53. The van der Waals surface area contributed by atoms with E-state index in [1.54, 1.807) is 0 Å². The number of rotatable bonds is 2. The molecule has 4 nitrogen and oxygen atoms in total. The first-order valence-corrected chi connectivity index (χ1v) is 8.61. The molecule has 23 heavy (non-hydrogen) atoms. The number of hydrogen-bond donors (Lipinski definition) is 2. The number of carbonyl (C=O) groups excluding carboxylic acids is 1. The molecule has 126 valence electrons. The van der Waals surface area contributed by atoms with Crippen LogP contribution in [-0.2, 0) is 4.79 Å². The van der Waals surface area contributed by atoms with Gasteiger partial charge in [0, 0.05) is 30.2 Å². The van der Waals surface area contributed by atoms with E-state index in [4.69, 9.17) is 12.2 Å². The topological polar surface area (TPSA) is 44.4 Å². The van der Waals surface area contributed by atoms with E-state index in [0.717, 1.165) is 36.7 Å². The summed E-state index contributed by atoms with van der Waals surface area (Å²) in [5.74, 6) is 0.122. The number of hydrogen-bond acceptors (Lipinski definition) is 2. The number of nitrogens with one attached hydrogen (secondary N) is 2. The van der Waals surface area contributed by atoms with E-state index in [1.807, 2.05) is 39.0 Å². The average molecular weight is 334 g/mol. The standard InChI is InChI=1S/C18H27N3OS/c1-13-7-5-6-8-15(13)20-17(23)21-11-9-14(10-12-21)19-16(22)18(2,3)4/h5-8,14H,9-12H2,1-4H3,(H,19,22)(H,20,23). The van der Waals surface area contributed by atoms with Gasteiger partial charge in [-0.1, -0.05) is 39.0 Å². The van der Waals surface area contributed by atoms with Gasteiger partial charge >= 0.3 is 0 Å². The van der Waals surface area contributed by atoms with Gasteiger partial charge in [0.2, 0.25) is 5.91 Å². The minimum atomic E-state index is -0.334. The maximum Gasteiger partial charge on any atom is 0.225 e. The van der Waals surface area contributed by atoms with E-state index in [1.165, 1.54) is 5.56 Å². The quantitative estimate of drug-likeness (QED) is 0.815. The van der Waals surface area contributed by atoms with Crippen molar-refractivity contribution in [3.63, 3.8) is 0 Å². The van der Waals surface area contributed by atoms with E-state index in [0.29, 0.717) is 0 Å². The minimum Gasteiger partial charge on any atom is -0.353 e. The average Bonchev–Trinajstić information content (AvgIpc) is 2.49. The van der Waals surface area contributed by atoms with Gasteiger partial charge in [-0.05, 0) is 43.6 Å². The lowest BCUT2D eigenvalue weighted by molar-refractivity contribution is -0.129. The number of benzene rings is 1. The second kappa shape index (κ2) is 7.30. The normalized spacial score (nSPS) is 16.1. The lowest BCUT2D eigenvalue weighted by Gasteiger charge is -2.35. The highest BCUT2D eigenvalue weighted by molar-refractivity contribution is 7.80. The summed E-state index contributed by atoms with van der Waals surface area (Å²) in [4.78, 5) is 14.2. The molecule has 1 fully saturated rings. The molecule has 1 saturated heterocycles. The second-order valence-electron chi connectivity index (χ2n) is 7.23. The predicted molar refractivity (Wildman–Crippen MR) is 99.6 cm³/mol. The van der Waals surface area contributed by atoms with Crippen LogP contribution in [0.2, 0.25) is 0 Å². The number of aryl methyl sites for hydroxylation is 1. The predicted octanol–water partition coefficient (Wildman–Crippen LogP) is 3.32. The van der Waals surface area contributed by atoms with Gasteiger partial charge in [-0.2, -0.15) is 0 Å². The van der Waals surface area contributed by atoms with Crippen LogP contribution in [0.3, 0.4) is 0 Å². The Labute approximate surface area is 144 Å². The smallest absolute Gasteiger partial charge is 0.225 e. The second-order valence-corrected chi connectivity index (χ2v) is 7.62. The van der Waals surface area contributed by atoms with Crippen LogP contribution in [0.1, 0.15) is 39.2 Å². The zero-order valence-electron chi connectivity index (χ0n) is 14.5. The highest BCUT2D eigenvalue weighted by Crippen LogP contribution is 2.18. The molecule has 0 bridgehead atoms. The summed E-state index contributed by atoms with van der Waals surface area (Å²) in [7, 11) is 0. The first-order chi connectivity index (χ1) is 10.8. The molecule has 0 unspecified atom stereocenters. The van der Waals surface area contributed by atoms with Crippen LogP contribution in [0.25, 0.3) is 0 Å². The fourth-order valence-corrected chi connectivity index (χ4v) is 2.83. The van der Waals surface area contributed by atoms with E-state index < -0.39 is 0 Å². The molecule has 2 N–H and O–H groups in total. The maximum atomic E-state index is 12.1. The monoisotopic (exact) mass is 333 g/mol. The summed E-state index contributed by atoms with van der Waals surface area (Å²) in [6, 6.07) is 8.38. The Kier molecular flexibility index (Phi) is 5.63. The number of likely N-dealkylation sites (tertiary alicyclic amines) is 1. The Morgan fingerprint density at radius 2 is 1.83 bits per heavy atom. The van der Waals surface area contributed by atoms with Crippen LogP contribution in [-0.4, -0.2) is 35.1 Å². The number of carbonyl (C=O) groups is 1. The number of thiocarbonyl (C=S) groups is 1. The van der Waals surface area contributed by atoms with Crippen molar-refractivity contribution < 1.29 is 4.79 Å². The summed E-state index contributed by atoms with van der Waals surface area (Å²) in [5.41, 5.74) is 1.90. The first-order valence-electron chi connectivity index (χ1n) is 8.20. The minimum absolute atomic E-state index is 0.122. The van der Waals surface area contributed by atoms with Crippen molar-refractivity contribution in [2.45, 2.75) is 46.6 Å². The fourth-order valence-electron chi connectivity index (χ4n) is 2.54. The van der Waals surface area contributed by atoms with Crippen molar-refractivity contribution in [1.82, 2.24) is 10.2 Å². The molecule has 1 aliphatic rings. The number of para-hydroxylation sites is 1. The van der Waals surface area contributed by atoms with Gasteiger partial charge in [-0.25, -0.2) is 0 Å². The molecule has 2 rings (SSSR count). The molecule has 1 amide bonds. The van der Waals surface area contributed by atoms with Crippen molar-refractivity contribution in [2.75, 3.05) is 18.4 Å². The Hall–Kier alpha value is -1.62. The van der Waals surface area contributed by atoms with Crippen LogP contribution in [0, 0.1) is 12.3 Å². The number of piperidine rings is 1. The molecule has 1 heterocycles. The van der Waals surface area contributed by atoms with Crippen molar-refractivity contribution in [3.8, 4) is 0 Å². The van der Waals surface area contributed by atoms with Crippen LogP contribution >= 0.6 is 12.2 Å². The van der Waals surface area contributed by atoms with Crippen LogP contribution in [0.5, 0.6) is 0 Å². The molecule has 0 radical (unpaired) electrons. The molecule has 0 aliphatic carbocycles. The van der Waals surface area contributed by atoms with E-state index in [9.17, 15) is 4.79 Å². The molecule has 1 aliphatic heterocycles. The molecule has 0 spiro atoms.